The molecule has 0 saturated heterocycles. The zero-order valence-corrected chi connectivity index (χ0v) is 13.6. The smallest absolute Gasteiger partial charge is 0.339 e. The SMILES string of the molecule is CCOC(=O)c1ccc(OC2CCC(N)CC2)nc1.Cl.Cl. The Hall–Kier alpha value is -1.04. The van der Waals surface area contributed by atoms with E-state index in [9.17, 15) is 4.79 Å². The highest BCUT2D eigenvalue weighted by Crippen LogP contribution is 2.21. The molecule has 0 aliphatic heterocycles. The average Bonchev–Trinajstić information content (AvgIpc) is 2.42. The summed E-state index contributed by atoms with van der Waals surface area (Å²) in [4.78, 5) is 15.6. The van der Waals surface area contributed by atoms with Crippen molar-refractivity contribution in [1.82, 2.24) is 4.98 Å². The Kier molecular flexibility index (Phi) is 9.33. The molecule has 1 heterocycles. The lowest BCUT2D eigenvalue weighted by Crippen LogP contribution is -2.31. The molecule has 120 valence electrons. The molecule has 21 heavy (non-hydrogen) atoms. The lowest BCUT2D eigenvalue weighted by molar-refractivity contribution is 0.0525. The molecular weight excluding hydrogens is 315 g/mol. The molecule has 7 heteroatoms. The van der Waals surface area contributed by atoms with Gasteiger partial charge < -0.3 is 15.2 Å². The second kappa shape index (κ2) is 9.82. The Labute approximate surface area is 137 Å². The largest absolute Gasteiger partial charge is 0.474 e. The van der Waals surface area contributed by atoms with Gasteiger partial charge in [0.25, 0.3) is 0 Å². The quantitative estimate of drug-likeness (QED) is 0.855. The van der Waals surface area contributed by atoms with Gasteiger partial charge in [-0.25, -0.2) is 9.78 Å². The van der Waals surface area contributed by atoms with E-state index in [0.717, 1.165) is 25.7 Å². The molecule has 0 bridgehead atoms. The van der Waals surface area contributed by atoms with E-state index in [1.807, 2.05) is 0 Å². The van der Waals surface area contributed by atoms with E-state index >= 15 is 0 Å². The molecule has 0 radical (unpaired) electrons. The van der Waals surface area contributed by atoms with E-state index < -0.39 is 0 Å². The van der Waals surface area contributed by atoms with E-state index in [2.05, 4.69) is 4.98 Å². The number of halogens is 2. The third-order valence-corrected chi connectivity index (χ3v) is 3.25. The van der Waals surface area contributed by atoms with Crippen molar-refractivity contribution in [3.63, 3.8) is 0 Å². The summed E-state index contributed by atoms with van der Waals surface area (Å²) < 4.78 is 10.7. The van der Waals surface area contributed by atoms with Crippen LogP contribution in [0.15, 0.2) is 18.3 Å². The maximum absolute atomic E-state index is 11.5. The lowest BCUT2D eigenvalue weighted by Gasteiger charge is -2.26. The number of ether oxygens (including phenoxy) is 2. The normalized spacial score (nSPS) is 20.7. The number of nitrogens with two attached hydrogens (primary N) is 1. The average molecular weight is 337 g/mol. The summed E-state index contributed by atoms with van der Waals surface area (Å²) in [6, 6.07) is 3.69. The van der Waals surface area contributed by atoms with Gasteiger partial charge in [-0.1, -0.05) is 0 Å². The van der Waals surface area contributed by atoms with E-state index in [1.165, 1.54) is 6.20 Å². The molecule has 0 unspecified atom stereocenters. The van der Waals surface area contributed by atoms with Gasteiger partial charge in [-0.2, -0.15) is 0 Å². The minimum Gasteiger partial charge on any atom is -0.474 e. The Balaban J connectivity index is 0.00000200. The fourth-order valence-electron chi connectivity index (χ4n) is 2.16. The summed E-state index contributed by atoms with van der Waals surface area (Å²) >= 11 is 0. The van der Waals surface area contributed by atoms with Crippen LogP contribution < -0.4 is 10.5 Å². The van der Waals surface area contributed by atoms with Crippen LogP contribution in [0.1, 0.15) is 43.0 Å². The van der Waals surface area contributed by atoms with Crippen LogP contribution in [0.2, 0.25) is 0 Å². The molecule has 1 aromatic rings. The molecule has 1 aliphatic carbocycles. The number of rotatable bonds is 4. The summed E-state index contributed by atoms with van der Waals surface area (Å²) in [5, 5.41) is 0. The third-order valence-electron chi connectivity index (χ3n) is 3.25. The Morgan fingerprint density at radius 1 is 1.29 bits per heavy atom. The number of hydrogen-bond acceptors (Lipinski definition) is 5. The van der Waals surface area contributed by atoms with Gasteiger partial charge in [-0.05, 0) is 38.7 Å². The van der Waals surface area contributed by atoms with Crippen LogP contribution in [0, 0.1) is 0 Å². The molecule has 0 spiro atoms. The molecule has 1 fully saturated rings. The number of carbonyl (C=O) groups excluding carboxylic acids is 1. The summed E-state index contributed by atoms with van der Waals surface area (Å²) in [7, 11) is 0. The van der Waals surface area contributed by atoms with Crippen LogP contribution in [0.3, 0.4) is 0 Å². The predicted octanol–water partition coefficient (Wildman–Crippen LogP) is 2.75. The second-order valence-corrected chi connectivity index (χ2v) is 4.76. The minimum absolute atomic E-state index is 0. The first-order valence-electron chi connectivity index (χ1n) is 6.74. The van der Waals surface area contributed by atoms with Crippen molar-refractivity contribution in [2.75, 3.05) is 6.61 Å². The number of carbonyl (C=O) groups is 1. The van der Waals surface area contributed by atoms with Gasteiger partial charge in [0.1, 0.15) is 6.10 Å². The number of pyridine rings is 1. The van der Waals surface area contributed by atoms with Gasteiger partial charge in [0.05, 0.1) is 12.2 Å². The standard InChI is InChI=1S/C14H20N2O3.2ClH/c1-2-18-14(17)10-3-8-13(16-9-10)19-12-6-4-11(15)5-7-12;;/h3,8-9,11-12H,2,4-7,15H2,1H3;2*1H. The van der Waals surface area contributed by atoms with Crippen LogP contribution in [0.25, 0.3) is 0 Å². The molecular formula is C14H22Cl2N2O3. The zero-order valence-electron chi connectivity index (χ0n) is 12.0. The second-order valence-electron chi connectivity index (χ2n) is 4.76. The zero-order chi connectivity index (χ0) is 13.7. The highest BCUT2D eigenvalue weighted by Gasteiger charge is 2.20. The monoisotopic (exact) mass is 336 g/mol. The van der Waals surface area contributed by atoms with Crippen molar-refractivity contribution in [2.24, 2.45) is 5.73 Å². The summed E-state index contributed by atoms with van der Waals surface area (Å²) in [5.41, 5.74) is 6.29. The first-order chi connectivity index (χ1) is 9.19. The van der Waals surface area contributed by atoms with Crippen molar-refractivity contribution in [3.05, 3.63) is 23.9 Å². The molecule has 5 nitrogen and oxygen atoms in total. The minimum atomic E-state index is -0.356. The van der Waals surface area contributed by atoms with Gasteiger partial charge in [-0.15, -0.1) is 24.8 Å². The van der Waals surface area contributed by atoms with Gasteiger partial charge in [0, 0.05) is 18.3 Å². The predicted molar refractivity (Wildman–Crippen MR) is 85.5 cm³/mol. The Morgan fingerprint density at radius 2 is 1.95 bits per heavy atom. The molecule has 0 aromatic carbocycles. The van der Waals surface area contributed by atoms with Crippen LogP contribution >= 0.6 is 24.8 Å². The van der Waals surface area contributed by atoms with Crippen LogP contribution in [-0.4, -0.2) is 29.7 Å². The van der Waals surface area contributed by atoms with Gasteiger partial charge in [-0.3, -0.25) is 0 Å². The summed E-state index contributed by atoms with van der Waals surface area (Å²) in [6.45, 7) is 2.13. The Bertz CT molecular complexity index is 421. The van der Waals surface area contributed by atoms with E-state index in [0.29, 0.717) is 24.1 Å². The Morgan fingerprint density at radius 3 is 2.48 bits per heavy atom. The first kappa shape index (κ1) is 20.0. The fourth-order valence-corrected chi connectivity index (χ4v) is 2.16. The third kappa shape index (κ3) is 6.08. The molecule has 1 aliphatic rings. The van der Waals surface area contributed by atoms with E-state index in [4.69, 9.17) is 15.2 Å². The van der Waals surface area contributed by atoms with Crippen LogP contribution in [0.4, 0.5) is 0 Å². The van der Waals surface area contributed by atoms with Crippen molar-refractivity contribution in [3.8, 4) is 5.88 Å². The van der Waals surface area contributed by atoms with Crippen LogP contribution in [-0.2, 0) is 4.74 Å². The molecule has 1 saturated carbocycles. The number of hydrogen-bond donors (Lipinski definition) is 1. The molecule has 0 atom stereocenters. The van der Waals surface area contributed by atoms with Crippen LogP contribution in [0.5, 0.6) is 5.88 Å². The van der Waals surface area contributed by atoms with Gasteiger partial charge >= 0.3 is 5.97 Å². The molecule has 1 aromatic heterocycles. The molecule has 2 rings (SSSR count). The van der Waals surface area contributed by atoms with E-state index in [-0.39, 0.29) is 36.9 Å². The number of esters is 1. The summed E-state index contributed by atoms with van der Waals surface area (Å²) in [5.74, 6) is 0.193. The molecule has 2 N–H and O–H groups in total. The topological polar surface area (TPSA) is 74.4 Å². The number of aromatic nitrogens is 1. The maximum Gasteiger partial charge on any atom is 0.339 e. The van der Waals surface area contributed by atoms with Crippen molar-refractivity contribution in [1.29, 1.82) is 0 Å². The highest BCUT2D eigenvalue weighted by atomic mass is 35.5. The van der Waals surface area contributed by atoms with E-state index in [1.54, 1.807) is 19.1 Å². The van der Waals surface area contributed by atoms with Crippen molar-refractivity contribution in [2.45, 2.75) is 44.8 Å². The highest BCUT2D eigenvalue weighted by molar-refractivity contribution is 5.89. The van der Waals surface area contributed by atoms with Crippen molar-refractivity contribution >= 4 is 30.8 Å². The van der Waals surface area contributed by atoms with Crippen molar-refractivity contribution < 1.29 is 14.3 Å². The number of nitrogens with zero attached hydrogens (tertiary/aromatic N) is 1. The maximum atomic E-state index is 11.5. The fraction of sp³-hybridized carbons (Fsp3) is 0.571. The lowest BCUT2D eigenvalue weighted by atomic mass is 9.94. The van der Waals surface area contributed by atoms with Gasteiger partial charge in [0.15, 0.2) is 0 Å². The first-order valence-corrected chi connectivity index (χ1v) is 6.74. The summed E-state index contributed by atoms with van der Waals surface area (Å²) in [6.07, 6.45) is 5.57. The van der Waals surface area contributed by atoms with Gasteiger partial charge in [0.2, 0.25) is 5.88 Å². The molecule has 0 amide bonds.